The van der Waals surface area contributed by atoms with Gasteiger partial charge in [-0.05, 0) is 89.8 Å². The van der Waals surface area contributed by atoms with Gasteiger partial charge in [-0.15, -0.1) is 0 Å². The molecule has 0 radical (unpaired) electrons. The molecule has 5 heterocycles. The van der Waals surface area contributed by atoms with E-state index in [4.69, 9.17) is 19.2 Å². The van der Waals surface area contributed by atoms with E-state index in [1.54, 1.807) is 0 Å². The quantitative estimate of drug-likeness (QED) is 0.172. The second-order valence-electron chi connectivity index (χ2n) is 16.5. The summed E-state index contributed by atoms with van der Waals surface area (Å²) >= 11 is 0. The van der Waals surface area contributed by atoms with Crippen molar-refractivity contribution in [3.63, 3.8) is 0 Å². The zero-order valence-corrected chi connectivity index (χ0v) is 33.3. The number of hydrogen-bond acceptors (Lipinski definition) is 7. The highest BCUT2D eigenvalue weighted by Crippen LogP contribution is 2.61. The van der Waals surface area contributed by atoms with Crippen LogP contribution < -0.4 is 28.9 Å². The highest BCUT2D eigenvalue weighted by molar-refractivity contribution is 6.09. The summed E-state index contributed by atoms with van der Waals surface area (Å²) in [6, 6.07) is 56.6. The molecule has 0 N–H and O–H groups in total. The Bertz CT molecular complexity index is 3130. The fraction of sp³-hybridized carbons (Fsp3) is 0.0962. The smallest absolute Gasteiger partial charge is 0.157 e. The fourth-order valence-electron chi connectivity index (χ4n) is 8.94. The summed E-state index contributed by atoms with van der Waals surface area (Å²) in [5.74, 6) is 5.48. The zero-order valence-electron chi connectivity index (χ0n) is 33.3. The minimum absolute atomic E-state index is 0.0102. The molecular weight excluding hydrogens is 743 g/mol. The summed E-state index contributed by atoms with van der Waals surface area (Å²) in [6.45, 7) is 7.27. The van der Waals surface area contributed by atoms with Crippen molar-refractivity contribution in [1.82, 2.24) is 9.55 Å². The summed E-state index contributed by atoms with van der Waals surface area (Å²) in [6.07, 6.45) is 1.91. The van der Waals surface area contributed by atoms with Crippen LogP contribution in [0.25, 0.3) is 27.6 Å². The molecule has 0 atom stereocenters. The van der Waals surface area contributed by atoms with Crippen molar-refractivity contribution >= 4 is 61.6 Å². The van der Waals surface area contributed by atoms with Gasteiger partial charge in [0.1, 0.15) is 29.7 Å². The first-order valence-electron chi connectivity index (χ1n) is 20.3. The van der Waals surface area contributed by atoms with Crippen molar-refractivity contribution in [2.45, 2.75) is 26.2 Å². The Kier molecular flexibility index (Phi) is 7.38. The average molecular weight is 782 g/mol. The average Bonchev–Trinajstić information content (AvgIpc) is 3.82. The van der Waals surface area contributed by atoms with Crippen molar-refractivity contribution in [3.05, 3.63) is 176 Å². The third-order valence-corrected chi connectivity index (χ3v) is 11.8. The van der Waals surface area contributed by atoms with Crippen LogP contribution in [0.2, 0.25) is 0 Å². The van der Waals surface area contributed by atoms with Crippen molar-refractivity contribution in [1.29, 1.82) is 0 Å². The monoisotopic (exact) mass is 781 g/mol. The van der Waals surface area contributed by atoms with E-state index in [1.165, 1.54) is 10.9 Å². The number of pyridine rings is 1. The lowest BCUT2D eigenvalue weighted by atomic mass is 9.88. The van der Waals surface area contributed by atoms with Gasteiger partial charge in [-0.3, -0.25) is 9.47 Å². The standard InChI is InChI=1S/C52H39N5O3/c1-52(2,3)33-25-26-53-50(27-33)56-40-16-5-4-15-38(40)39-24-23-37(31-45(39)56)58-36-14-12-13-34(28-36)54-32-55(42-18-7-6-17-41(42)54)35-29-48-51-49(30-35)60-47-22-11-9-20-44(47)57(51)43-19-8-10-21-46(43)59-48/h4-31H,32H2,1-3H3. The Labute approximate surface area is 347 Å². The van der Waals surface area contributed by atoms with Crippen molar-refractivity contribution < 1.29 is 14.2 Å². The lowest BCUT2D eigenvalue weighted by Gasteiger charge is -2.38. The van der Waals surface area contributed by atoms with Crippen LogP contribution in [0.3, 0.4) is 0 Å². The number of para-hydroxylation sites is 7. The normalized spacial score (nSPS) is 13.7. The molecule has 7 aromatic carbocycles. The lowest BCUT2D eigenvalue weighted by molar-refractivity contribution is 0.446. The zero-order chi connectivity index (χ0) is 40.1. The molecule has 8 heteroatoms. The van der Waals surface area contributed by atoms with E-state index in [-0.39, 0.29) is 5.41 Å². The third kappa shape index (κ3) is 5.34. The Morgan fingerprint density at radius 1 is 0.517 bits per heavy atom. The molecule has 0 aliphatic carbocycles. The van der Waals surface area contributed by atoms with E-state index in [1.807, 2.05) is 48.7 Å². The topological polar surface area (TPSA) is 55.2 Å². The number of rotatable bonds is 5. The summed E-state index contributed by atoms with van der Waals surface area (Å²) < 4.78 is 22.2. The Hall–Kier alpha value is -7.71. The second kappa shape index (κ2) is 12.9. The van der Waals surface area contributed by atoms with Gasteiger partial charge in [0.25, 0.3) is 0 Å². The molecule has 0 spiro atoms. The second-order valence-corrected chi connectivity index (χ2v) is 16.5. The summed E-state index contributed by atoms with van der Waals surface area (Å²) in [4.78, 5) is 11.7. The molecule has 2 aromatic heterocycles. The molecule has 0 unspecified atom stereocenters. The molecule has 0 saturated heterocycles. The highest BCUT2D eigenvalue weighted by Gasteiger charge is 2.37. The van der Waals surface area contributed by atoms with Gasteiger partial charge in [0.15, 0.2) is 23.0 Å². The van der Waals surface area contributed by atoms with Crippen LogP contribution in [0.5, 0.6) is 34.5 Å². The summed E-state index contributed by atoms with van der Waals surface area (Å²) in [5.41, 5.74) is 10.4. The number of fused-ring (bicyclic) bond motifs is 8. The Morgan fingerprint density at radius 2 is 1.13 bits per heavy atom. The first-order valence-corrected chi connectivity index (χ1v) is 20.3. The maximum Gasteiger partial charge on any atom is 0.157 e. The molecule has 0 fully saturated rings. The van der Waals surface area contributed by atoms with E-state index >= 15 is 0 Å². The van der Waals surface area contributed by atoms with Crippen LogP contribution in [-0.2, 0) is 5.41 Å². The van der Waals surface area contributed by atoms with Gasteiger partial charge >= 0.3 is 0 Å². The van der Waals surface area contributed by atoms with Gasteiger partial charge < -0.3 is 24.0 Å². The maximum absolute atomic E-state index is 6.71. The summed E-state index contributed by atoms with van der Waals surface area (Å²) in [5, 5.41) is 2.33. The SMILES string of the molecule is CC(C)(C)c1ccnc(-n2c3ccccc3c3ccc(Oc4cccc(N5CN(c6cc7c8c(c6)Oc6ccccc6N8c6ccccc6O7)c6ccccc65)c4)cc32)c1. The number of ether oxygens (including phenoxy) is 3. The molecule has 290 valence electrons. The van der Waals surface area contributed by atoms with Crippen LogP contribution >= 0.6 is 0 Å². The molecule has 12 rings (SSSR count). The largest absolute Gasteiger partial charge is 0.457 e. The first kappa shape index (κ1) is 34.3. The molecule has 8 nitrogen and oxygen atoms in total. The van der Waals surface area contributed by atoms with Crippen molar-refractivity contribution in [2.24, 2.45) is 0 Å². The third-order valence-electron chi connectivity index (χ3n) is 11.8. The minimum Gasteiger partial charge on any atom is -0.457 e. The van der Waals surface area contributed by atoms with Gasteiger partial charge in [0.05, 0.1) is 39.5 Å². The fourth-order valence-corrected chi connectivity index (χ4v) is 8.94. The van der Waals surface area contributed by atoms with Crippen LogP contribution in [0, 0.1) is 0 Å². The number of aromatic nitrogens is 2. The number of hydrogen-bond donors (Lipinski definition) is 0. The molecule has 0 bridgehead atoms. The van der Waals surface area contributed by atoms with E-state index in [2.05, 4.69) is 161 Å². The molecule has 0 saturated carbocycles. The lowest BCUT2D eigenvalue weighted by Crippen LogP contribution is -2.25. The van der Waals surface area contributed by atoms with Crippen molar-refractivity contribution in [3.8, 4) is 40.3 Å². The Morgan fingerprint density at radius 3 is 1.85 bits per heavy atom. The van der Waals surface area contributed by atoms with Crippen LogP contribution in [-0.4, -0.2) is 16.2 Å². The van der Waals surface area contributed by atoms with Gasteiger partial charge in [-0.1, -0.05) is 81.4 Å². The van der Waals surface area contributed by atoms with E-state index in [0.717, 1.165) is 96.5 Å². The van der Waals surface area contributed by atoms with Gasteiger partial charge in [-0.25, -0.2) is 4.98 Å². The predicted molar refractivity (Wildman–Crippen MR) is 241 cm³/mol. The molecule has 60 heavy (non-hydrogen) atoms. The van der Waals surface area contributed by atoms with E-state index < -0.39 is 0 Å². The van der Waals surface area contributed by atoms with E-state index in [9.17, 15) is 0 Å². The van der Waals surface area contributed by atoms with Crippen LogP contribution in [0.15, 0.2) is 170 Å². The Balaban J connectivity index is 0.894. The van der Waals surface area contributed by atoms with Gasteiger partial charge in [-0.2, -0.15) is 0 Å². The molecular formula is C52H39N5O3. The van der Waals surface area contributed by atoms with Crippen LogP contribution in [0.4, 0.5) is 39.8 Å². The van der Waals surface area contributed by atoms with Crippen LogP contribution in [0.1, 0.15) is 26.3 Å². The predicted octanol–water partition coefficient (Wildman–Crippen LogP) is 14.2. The summed E-state index contributed by atoms with van der Waals surface area (Å²) in [7, 11) is 0. The molecule has 9 aromatic rings. The first-order chi connectivity index (χ1) is 29.4. The maximum atomic E-state index is 6.71. The van der Waals surface area contributed by atoms with Gasteiger partial charge in [0, 0.05) is 46.9 Å². The minimum atomic E-state index is -0.0102. The van der Waals surface area contributed by atoms with E-state index in [0.29, 0.717) is 6.67 Å². The van der Waals surface area contributed by atoms with Gasteiger partial charge in [0.2, 0.25) is 0 Å². The number of nitrogens with zero attached hydrogens (tertiary/aromatic N) is 5. The highest BCUT2D eigenvalue weighted by atomic mass is 16.5. The molecule has 0 amide bonds. The number of benzene rings is 7. The molecule has 3 aliphatic heterocycles. The molecule has 3 aliphatic rings. The number of anilines is 7. The van der Waals surface area contributed by atoms with Crippen molar-refractivity contribution in [2.75, 3.05) is 21.4 Å².